The number of carbonyl (C=O) groups is 2. The largest absolute Gasteiger partial charge is 0.397 e. The smallest absolute Gasteiger partial charge is 0.260 e. The summed E-state index contributed by atoms with van der Waals surface area (Å²) in [4.78, 5) is 22.2. The van der Waals surface area contributed by atoms with Gasteiger partial charge in [-0.2, -0.15) is 0 Å². The Morgan fingerprint density at radius 1 is 1.33 bits per heavy atom. The first kappa shape index (κ1) is 11.3. The van der Waals surface area contributed by atoms with Gasteiger partial charge in [-0.15, -0.1) is 11.3 Å². The van der Waals surface area contributed by atoms with Crippen molar-refractivity contribution in [3.05, 3.63) is 10.4 Å². The molecule has 0 saturated carbocycles. The highest BCUT2D eigenvalue weighted by Gasteiger charge is 2.22. The van der Waals surface area contributed by atoms with Crippen LogP contribution in [0, 0.1) is 0 Å². The predicted molar refractivity (Wildman–Crippen MR) is 59.9 cm³/mol. The molecule has 1 heterocycles. The van der Waals surface area contributed by atoms with Crippen LogP contribution in [0.4, 0.5) is 10.7 Å². The third-order valence-corrected chi connectivity index (χ3v) is 2.93. The van der Waals surface area contributed by atoms with E-state index in [1.54, 1.807) is 0 Å². The van der Waals surface area contributed by atoms with Crippen LogP contribution in [0.2, 0.25) is 0 Å². The number of primary amides is 2. The van der Waals surface area contributed by atoms with Crippen molar-refractivity contribution in [1.82, 2.24) is 0 Å². The maximum atomic E-state index is 11.1. The number of hydrogen-bond donors (Lipinski definition) is 4. The summed E-state index contributed by atoms with van der Waals surface area (Å²) in [6.45, 7) is 2.45. The molecule has 82 valence electrons. The first-order chi connectivity index (χ1) is 6.99. The zero-order valence-corrected chi connectivity index (χ0v) is 8.98. The van der Waals surface area contributed by atoms with E-state index in [0.717, 1.165) is 11.3 Å². The van der Waals surface area contributed by atoms with E-state index >= 15 is 0 Å². The summed E-state index contributed by atoms with van der Waals surface area (Å²) in [6.07, 6.45) is 0. The molecule has 7 heteroatoms. The van der Waals surface area contributed by atoms with Crippen LogP contribution in [-0.2, 0) is 0 Å². The van der Waals surface area contributed by atoms with Gasteiger partial charge in [-0.25, -0.2) is 0 Å². The van der Waals surface area contributed by atoms with Crippen LogP contribution < -0.4 is 22.5 Å². The zero-order chi connectivity index (χ0) is 11.6. The molecule has 1 rings (SSSR count). The highest BCUT2D eigenvalue weighted by atomic mass is 32.1. The lowest BCUT2D eigenvalue weighted by Crippen LogP contribution is -2.16. The highest BCUT2D eigenvalue weighted by molar-refractivity contribution is 7.19. The standard InChI is InChI=1S/C8H12N4O2S/c1-2-12-8-3(6(10)13)4(9)5(15-8)7(11)14/h12H,2,9H2,1H3,(H2,10,13)(H2,11,14). The lowest BCUT2D eigenvalue weighted by atomic mass is 10.2. The third-order valence-electron chi connectivity index (χ3n) is 1.75. The van der Waals surface area contributed by atoms with Gasteiger partial charge < -0.3 is 22.5 Å². The Hall–Kier alpha value is -1.76. The topological polar surface area (TPSA) is 124 Å². The van der Waals surface area contributed by atoms with Crippen molar-refractivity contribution in [2.24, 2.45) is 11.5 Å². The molecule has 0 unspecified atom stereocenters. The van der Waals surface area contributed by atoms with E-state index in [2.05, 4.69) is 5.32 Å². The molecule has 15 heavy (non-hydrogen) atoms. The van der Waals surface area contributed by atoms with Gasteiger partial charge in [-0.3, -0.25) is 9.59 Å². The van der Waals surface area contributed by atoms with Gasteiger partial charge in [0.1, 0.15) is 9.88 Å². The van der Waals surface area contributed by atoms with Crippen LogP contribution >= 0.6 is 11.3 Å². The average molecular weight is 228 g/mol. The lowest BCUT2D eigenvalue weighted by Gasteiger charge is -2.01. The van der Waals surface area contributed by atoms with Crippen molar-refractivity contribution in [3.8, 4) is 0 Å². The third kappa shape index (κ3) is 2.01. The Labute approximate surface area is 90.4 Å². The summed E-state index contributed by atoms with van der Waals surface area (Å²) in [5, 5.41) is 3.39. The Morgan fingerprint density at radius 2 is 1.93 bits per heavy atom. The maximum Gasteiger partial charge on any atom is 0.260 e. The number of nitrogen functional groups attached to an aromatic ring is 1. The molecule has 0 radical (unpaired) electrons. The average Bonchev–Trinajstić information content (AvgIpc) is 2.43. The first-order valence-electron chi connectivity index (χ1n) is 4.24. The van der Waals surface area contributed by atoms with Gasteiger partial charge in [0, 0.05) is 6.54 Å². The van der Waals surface area contributed by atoms with Crippen molar-refractivity contribution in [2.45, 2.75) is 6.92 Å². The summed E-state index contributed by atoms with van der Waals surface area (Å²) in [7, 11) is 0. The summed E-state index contributed by atoms with van der Waals surface area (Å²) in [5.74, 6) is -1.34. The summed E-state index contributed by atoms with van der Waals surface area (Å²) >= 11 is 1.04. The van der Waals surface area contributed by atoms with E-state index in [-0.39, 0.29) is 16.1 Å². The molecule has 0 aliphatic heterocycles. The van der Waals surface area contributed by atoms with Crippen molar-refractivity contribution in [3.63, 3.8) is 0 Å². The number of nitrogens with two attached hydrogens (primary N) is 3. The number of carbonyl (C=O) groups excluding carboxylic acids is 2. The molecular formula is C8H12N4O2S. The fraction of sp³-hybridized carbons (Fsp3) is 0.250. The van der Waals surface area contributed by atoms with Gasteiger partial charge >= 0.3 is 0 Å². The van der Waals surface area contributed by atoms with Gasteiger partial charge in [-0.1, -0.05) is 0 Å². The van der Waals surface area contributed by atoms with Crippen LogP contribution in [0.15, 0.2) is 0 Å². The molecule has 6 nitrogen and oxygen atoms in total. The minimum atomic E-state index is -0.674. The van der Waals surface area contributed by atoms with Gasteiger partial charge in [0.15, 0.2) is 0 Å². The summed E-state index contributed by atoms with van der Waals surface area (Å²) < 4.78 is 0. The number of rotatable bonds is 4. The molecule has 0 aliphatic carbocycles. The summed E-state index contributed by atoms with van der Waals surface area (Å²) in [5.41, 5.74) is 16.1. The van der Waals surface area contributed by atoms with E-state index < -0.39 is 11.8 Å². The zero-order valence-electron chi connectivity index (χ0n) is 8.16. The van der Waals surface area contributed by atoms with Crippen LogP contribution in [0.3, 0.4) is 0 Å². The fourth-order valence-electron chi connectivity index (χ4n) is 1.16. The van der Waals surface area contributed by atoms with Crippen molar-refractivity contribution < 1.29 is 9.59 Å². The van der Waals surface area contributed by atoms with E-state index in [9.17, 15) is 9.59 Å². The van der Waals surface area contributed by atoms with Gasteiger partial charge in [0.2, 0.25) is 0 Å². The molecule has 1 aromatic rings. The Balaban J connectivity index is 3.32. The molecule has 0 saturated heterocycles. The van der Waals surface area contributed by atoms with Crippen LogP contribution in [-0.4, -0.2) is 18.4 Å². The quantitative estimate of drug-likeness (QED) is 0.577. The SMILES string of the molecule is CCNc1sc(C(N)=O)c(N)c1C(N)=O. The molecule has 0 spiro atoms. The lowest BCUT2D eigenvalue weighted by molar-refractivity contribution is 0.0999. The first-order valence-corrected chi connectivity index (χ1v) is 5.06. The number of nitrogens with one attached hydrogen (secondary N) is 1. The Kier molecular flexibility index (Phi) is 3.15. The van der Waals surface area contributed by atoms with Crippen LogP contribution in [0.25, 0.3) is 0 Å². The number of hydrogen-bond acceptors (Lipinski definition) is 5. The molecule has 0 aromatic carbocycles. The highest BCUT2D eigenvalue weighted by Crippen LogP contribution is 2.34. The van der Waals surface area contributed by atoms with Gasteiger partial charge in [-0.05, 0) is 6.92 Å². The second-order valence-electron chi connectivity index (χ2n) is 2.81. The molecule has 0 fully saturated rings. The maximum absolute atomic E-state index is 11.1. The minimum absolute atomic E-state index is 0.0518. The van der Waals surface area contributed by atoms with E-state index in [1.165, 1.54) is 0 Å². The van der Waals surface area contributed by atoms with E-state index in [4.69, 9.17) is 17.2 Å². The summed E-state index contributed by atoms with van der Waals surface area (Å²) in [6, 6.07) is 0. The Bertz CT molecular complexity index is 413. The molecule has 7 N–H and O–H groups in total. The van der Waals surface area contributed by atoms with Crippen LogP contribution in [0.5, 0.6) is 0 Å². The molecule has 0 atom stereocenters. The van der Waals surface area contributed by atoms with Crippen LogP contribution in [0.1, 0.15) is 27.0 Å². The van der Waals surface area contributed by atoms with Crippen molar-refractivity contribution in [1.29, 1.82) is 0 Å². The molecule has 0 aliphatic rings. The second-order valence-corrected chi connectivity index (χ2v) is 3.83. The minimum Gasteiger partial charge on any atom is -0.397 e. The normalized spacial score (nSPS) is 9.93. The second kappa shape index (κ2) is 4.18. The number of amides is 2. The number of thiophene rings is 1. The van der Waals surface area contributed by atoms with Crippen molar-refractivity contribution in [2.75, 3.05) is 17.6 Å². The predicted octanol–water partition coefficient (Wildman–Crippen LogP) is -0.0401. The van der Waals surface area contributed by atoms with Crippen molar-refractivity contribution >= 4 is 33.8 Å². The molecule has 2 amide bonds. The van der Waals surface area contributed by atoms with Gasteiger partial charge in [0.25, 0.3) is 11.8 Å². The molecular weight excluding hydrogens is 216 g/mol. The monoisotopic (exact) mass is 228 g/mol. The van der Waals surface area contributed by atoms with E-state index in [0.29, 0.717) is 11.5 Å². The Morgan fingerprint density at radius 3 is 2.33 bits per heavy atom. The number of anilines is 2. The molecule has 0 bridgehead atoms. The molecule has 1 aromatic heterocycles. The van der Waals surface area contributed by atoms with E-state index in [1.807, 2.05) is 6.92 Å². The van der Waals surface area contributed by atoms with Gasteiger partial charge in [0.05, 0.1) is 11.3 Å². The fourth-order valence-corrected chi connectivity index (χ4v) is 2.20.